The van der Waals surface area contributed by atoms with Crippen molar-refractivity contribution in [3.05, 3.63) is 89.0 Å². The Bertz CT molecular complexity index is 970. The van der Waals surface area contributed by atoms with Gasteiger partial charge in [0.2, 0.25) is 0 Å². The molecule has 3 nitrogen and oxygen atoms in total. The van der Waals surface area contributed by atoms with Crippen LogP contribution in [0.4, 0.5) is 5.69 Å². The molecule has 1 aliphatic carbocycles. The van der Waals surface area contributed by atoms with Crippen molar-refractivity contribution in [2.24, 2.45) is 0 Å². The highest BCUT2D eigenvalue weighted by Crippen LogP contribution is 2.43. The topological polar surface area (TPSA) is 44.5 Å². The largest absolute Gasteiger partial charge is 0.497 e. The van der Waals surface area contributed by atoms with E-state index in [9.17, 15) is 0 Å². The number of rotatable bonds is 4. The predicted octanol–water partition coefficient (Wildman–Crippen LogP) is 4.80. The van der Waals surface area contributed by atoms with Gasteiger partial charge in [-0.05, 0) is 76.2 Å². The van der Waals surface area contributed by atoms with Crippen LogP contribution in [0, 0.1) is 0 Å². The number of hydrogen-bond acceptors (Lipinski definition) is 3. The van der Waals surface area contributed by atoms with Gasteiger partial charge >= 0.3 is 0 Å². The number of benzene rings is 3. The van der Waals surface area contributed by atoms with E-state index in [4.69, 9.17) is 15.2 Å². The molecule has 0 unspecified atom stereocenters. The Morgan fingerprint density at radius 3 is 2.00 bits per heavy atom. The lowest BCUT2D eigenvalue weighted by molar-refractivity contribution is 0.414. The van der Waals surface area contributed by atoms with Gasteiger partial charge in [-0.1, -0.05) is 30.3 Å². The summed E-state index contributed by atoms with van der Waals surface area (Å²) in [6.07, 6.45) is 0.874. The van der Waals surface area contributed by atoms with E-state index in [1.165, 1.54) is 33.4 Å². The molecule has 3 aromatic rings. The third-order valence-electron chi connectivity index (χ3n) is 4.89. The average Bonchev–Trinajstić information content (AvgIpc) is 3.07. The summed E-state index contributed by atoms with van der Waals surface area (Å²) in [4.78, 5) is 0. The van der Waals surface area contributed by atoms with Gasteiger partial charge in [-0.15, -0.1) is 0 Å². The van der Waals surface area contributed by atoms with Gasteiger partial charge in [0, 0.05) is 5.69 Å². The van der Waals surface area contributed by atoms with Crippen molar-refractivity contribution >= 4 is 16.8 Å². The second kappa shape index (κ2) is 6.60. The van der Waals surface area contributed by atoms with E-state index in [1.54, 1.807) is 14.2 Å². The van der Waals surface area contributed by atoms with Crippen molar-refractivity contribution in [3.8, 4) is 11.5 Å². The Kier molecular flexibility index (Phi) is 4.13. The number of nitrogen functional groups attached to an aromatic ring is 1. The normalized spacial score (nSPS) is 12.8. The Labute approximate surface area is 153 Å². The van der Waals surface area contributed by atoms with Gasteiger partial charge in [-0.25, -0.2) is 0 Å². The molecule has 4 rings (SSSR count). The van der Waals surface area contributed by atoms with E-state index in [0.717, 1.165) is 23.6 Å². The molecule has 0 bridgehead atoms. The highest BCUT2D eigenvalue weighted by molar-refractivity contribution is 6.04. The Morgan fingerprint density at radius 2 is 1.35 bits per heavy atom. The molecule has 0 heterocycles. The van der Waals surface area contributed by atoms with Crippen LogP contribution in [0.5, 0.6) is 11.5 Å². The maximum atomic E-state index is 5.89. The highest BCUT2D eigenvalue weighted by atomic mass is 16.5. The Balaban J connectivity index is 1.88. The number of hydrogen-bond donors (Lipinski definition) is 1. The fourth-order valence-corrected chi connectivity index (χ4v) is 3.55. The summed E-state index contributed by atoms with van der Waals surface area (Å²) in [6.45, 7) is 0. The van der Waals surface area contributed by atoms with Gasteiger partial charge in [0.25, 0.3) is 0 Å². The molecule has 26 heavy (non-hydrogen) atoms. The van der Waals surface area contributed by atoms with E-state index >= 15 is 0 Å². The summed E-state index contributed by atoms with van der Waals surface area (Å²) >= 11 is 0. The Morgan fingerprint density at radius 1 is 0.731 bits per heavy atom. The third-order valence-corrected chi connectivity index (χ3v) is 4.89. The molecular formula is C23H21NO2. The van der Waals surface area contributed by atoms with Crippen LogP contribution in [-0.2, 0) is 6.42 Å². The summed E-state index contributed by atoms with van der Waals surface area (Å²) < 4.78 is 10.7. The molecule has 3 heteroatoms. The summed E-state index contributed by atoms with van der Waals surface area (Å²) in [5, 5.41) is 0. The fraction of sp³-hybridized carbons (Fsp3) is 0.130. The zero-order chi connectivity index (χ0) is 18.1. The summed E-state index contributed by atoms with van der Waals surface area (Å²) in [6, 6.07) is 22.6. The summed E-state index contributed by atoms with van der Waals surface area (Å²) in [5.74, 6) is 1.75. The first-order valence-corrected chi connectivity index (χ1v) is 8.60. The number of anilines is 1. The van der Waals surface area contributed by atoms with Crippen LogP contribution in [0.15, 0.2) is 66.7 Å². The van der Waals surface area contributed by atoms with Gasteiger partial charge in [0.1, 0.15) is 11.5 Å². The van der Waals surface area contributed by atoms with Gasteiger partial charge in [-0.2, -0.15) is 0 Å². The monoisotopic (exact) mass is 343 g/mol. The second-order valence-corrected chi connectivity index (χ2v) is 6.40. The smallest absolute Gasteiger partial charge is 0.119 e. The quantitative estimate of drug-likeness (QED) is 0.692. The molecule has 0 fully saturated rings. The molecule has 0 saturated carbocycles. The van der Waals surface area contributed by atoms with Crippen LogP contribution in [-0.4, -0.2) is 14.2 Å². The van der Waals surface area contributed by atoms with Crippen LogP contribution in [0.2, 0.25) is 0 Å². The highest BCUT2D eigenvalue weighted by Gasteiger charge is 2.24. The van der Waals surface area contributed by atoms with Crippen molar-refractivity contribution in [3.63, 3.8) is 0 Å². The molecular weight excluding hydrogens is 322 g/mol. The average molecular weight is 343 g/mol. The van der Waals surface area contributed by atoms with Crippen molar-refractivity contribution in [2.75, 3.05) is 20.0 Å². The van der Waals surface area contributed by atoms with Crippen molar-refractivity contribution < 1.29 is 9.47 Å². The van der Waals surface area contributed by atoms with Crippen LogP contribution in [0.3, 0.4) is 0 Å². The number of ether oxygens (including phenoxy) is 2. The maximum Gasteiger partial charge on any atom is 0.119 e. The minimum atomic E-state index is 0.772. The first kappa shape index (κ1) is 16.3. The van der Waals surface area contributed by atoms with E-state index in [1.807, 2.05) is 30.3 Å². The molecule has 0 aliphatic heterocycles. The van der Waals surface area contributed by atoms with E-state index in [0.29, 0.717) is 0 Å². The van der Waals surface area contributed by atoms with Crippen LogP contribution < -0.4 is 15.2 Å². The third kappa shape index (κ3) is 2.82. The lowest BCUT2D eigenvalue weighted by atomic mass is 9.94. The van der Waals surface area contributed by atoms with Crippen LogP contribution in [0.25, 0.3) is 11.1 Å². The van der Waals surface area contributed by atoms with Crippen LogP contribution in [0.1, 0.15) is 22.3 Å². The molecule has 0 aromatic heterocycles. The van der Waals surface area contributed by atoms with Gasteiger partial charge < -0.3 is 15.2 Å². The molecule has 3 aromatic carbocycles. The minimum Gasteiger partial charge on any atom is -0.497 e. The molecule has 0 spiro atoms. The Hall–Kier alpha value is -3.20. The lowest BCUT2D eigenvalue weighted by Crippen LogP contribution is -1.91. The van der Waals surface area contributed by atoms with E-state index < -0.39 is 0 Å². The van der Waals surface area contributed by atoms with Crippen molar-refractivity contribution in [1.29, 1.82) is 0 Å². The molecule has 0 saturated heterocycles. The van der Waals surface area contributed by atoms with Crippen molar-refractivity contribution in [1.82, 2.24) is 0 Å². The number of fused-ring (bicyclic) bond motifs is 1. The second-order valence-electron chi connectivity index (χ2n) is 6.40. The maximum absolute atomic E-state index is 5.89. The minimum absolute atomic E-state index is 0.772. The number of allylic oxidation sites excluding steroid dienone is 1. The van der Waals surface area contributed by atoms with E-state index in [-0.39, 0.29) is 0 Å². The van der Waals surface area contributed by atoms with Gasteiger partial charge in [-0.3, -0.25) is 0 Å². The number of methoxy groups -OCH3 is 2. The predicted molar refractivity (Wildman–Crippen MR) is 106 cm³/mol. The van der Waals surface area contributed by atoms with Gasteiger partial charge in [0.15, 0.2) is 0 Å². The van der Waals surface area contributed by atoms with Crippen molar-refractivity contribution in [2.45, 2.75) is 6.42 Å². The fourth-order valence-electron chi connectivity index (χ4n) is 3.55. The zero-order valence-corrected chi connectivity index (χ0v) is 15.0. The SMILES string of the molecule is COc1ccc(C2=C(c3ccc(N)cc3)c3ccc(OC)cc3C2)cc1. The molecule has 2 N–H and O–H groups in total. The summed E-state index contributed by atoms with van der Waals surface area (Å²) in [7, 11) is 3.39. The first-order chi connectivity index (χ1) is 12.7. The molecule has 1 aliphatic rings. The van der Waals surface area contributed by atoms with E-state index in [2.05, 4.69) is 36.4 Å². The zero-order valence-electron chi connectivity index (χ0n) is 15.0. The molecule has 130 valence electrons. The number of nitrogens with two attached hydrogens (primary N) is 1. The molecule has 0 radical (unpaired) electrons. The first-order valence-electron chi connectivity index (χ1n) is 8.60. The molecule has 0 amide bonds. The molecule has 0 atom stereocenters. The van der Waals surface area contributed by atoms with Gasteiger partial charge in [0.05, 0.1) is 14.2 Å². The summed E-state index contributed by atoms with van der Waals surface area (Å²) in [5.41, 5.74) is 14.1. The lowest BCUT2D eigenvalue weighted by Gasteiger charge is -2.11. The standard InChI is InChI=1S/C23H21NO2/c1-25-19-9-5-15(6-10-19)22-14-17-13-20(26-2)11-12-21(17)23(22)16-3-7-18(24)8-4-16/h3-13H,14,24H2,1-2H3. The van der Waals surface area contributed by atoms with Crippen LogP contribution >= 0.6 is 0 Å².